The summed E-state index contributed by atoms with van der Waals surface area (Å²) in [4.78, 5) is 4.20. The highest BCUT2D eigenvalue weighted by atomic mass is 14.6. The summed E-state index contributed by atoms with van der Waals surface area (Å²) in [5, 5.41) is 0. The van der Waals surface area contributed by atoms with Gasteiger partial charge in [-0.25, -0.2) is 0 Å². The van der Waals surface area contributed by atoms with E-state index in [0.717, 1.165) is 5.69 Å². The van der Waals surface area contributed by atoms with E-state index in [0.29, 0.717) is 5.92 Å². The molecule has 1 heterocycles. The largest absolute Gasteiger partial charge is 0.257 e. The van der Waals surface area contributed by atoms with Crippen LogP contribution in [-0.2, 0) is 0 Å². The van der Waals surface area contributed by atoms with Crippen molar-refractivity contribution in [2.45, 2.75) is 0 Å². The lowest BCUT2D eigenvalue weighted by atomic mass is 10.1. The van der Waals surface area contributed by atoms with E-state index in [9.17, 15) is 0 Å². The molecular weight excluding hydrogens is 158 g/mol. The molecule has 1 aliphatic carbocycles. The predicted octanol–water partition coefficient (Wildman–Crippen LogP) is 2.84. The van der Waals surface area contributed by atoms with Crippen molar-refractivity contribution in [1.29, 1.82) is 0 Å². The molecule has 0 radical (unpaired) electrons. The van der Waals surface area contributed by atoms with Crippen molar-refractivity contribution < 1.29 is 0 Å². The number of rotatable bonds is 2. The van der Waals surface area contributed by atoms with Gasteiger partial charge in [0.2, 0.25) is 0 Å². The number of pyridine rings is 1. The highest BCUT2D eigenvalue weighted by Gasteiger charge is 1.96. The molecule has 0 saturated heterocycles. The Morgan fingerprint density at radius 1 is 1.15 bits per heavy atom. The Kier molecular flexibility index (Phi) is 2.37. The Labute approximate surface area is 78.1 Å². The Morgan fingerprint density at radius 2 is 2.00 bits per heavy atom. The van der Waals surface area contributed by atoms with E-state index in [1.807, 2.05) is 24.3 Å². The zero-order valence-corrected chi connectivity index (χ0v) is 7.30. The van der Waals surface area contributed by atoms with Gasteiger partial charge in [-0.2, -0.15) is 0 Å². The molecule has 0 spiro atoms. The molecule has 0 atom stereocenters. The van der Waals surface area contributed by atoms with Gasteiger partial charge in [0, 0.05) is 12.1 Å². The van der Waals surface area contributed by atoms with Gasteiger partial charge in [-0.3, -0.25) is 4.98 Å². The van der Waals surface area contributed by atoms with Crippen LogP contribution in [0, 0.1) is 5.92 Å². The summed E-state index contributed by atoms with van der Waals surface area (Å²) in [6.45, 7) is 0. The van der Waals surface area contributed by atoms with Crippen LogP contribution in [0.25, 0.3) is 6.08 Å². The Bertz CT molecular complexity index is 335. The molecule has 13 heavy (non-hydrogen) atoms. The molecule has 2 rings (SSSR count). The molecule has 1 heteroatoms. The lowest BCUT2D eigenvalue weighted by Gasteiger charge is -1.94. The molecule has 1 nitrogen and oxygen atoms in total. The topological polar surface area (TPSA) is 12.9 Å². The first-order valence-electron chi connectivity index (χ1n) is 4.39. The fraction of sp³-hybridized carbons (Fsp3) is 0.0833. The summed E-state index contributed by atoms with van der Waals surface area (Å²) in [5.74, 6) is 0.446. The summed E-state index contributed by atoms with van der Waals surface area (Å²) in [7, 11) is 0. The molecule has 0 N–H and O–H groups in total. The lowest BCUT2D eigenvalue weighted by Crippen LogP contribution is -1.82. The average Bonchev–Trinajstić information content (AvgIpc) is 2.69. The number of nitrogens with zero attached hydrogens (tertiary/aromatic N) is 1. The zero-order chi connectivity index (χ0) is 8.93. The molecule has 0 aromatic carbocycles. The minimum atomic E-state index is 0.446. The van der Waals surface area contributed by atoms with E-state index < -0.39 is 0 Å². The first-order valence-corrected chi connectivity index (χ1v) is 4.39. The van der Waals surface area contributed by atoms with Gasteiger partial charge in [0.05, 0.1) is 5.69 Å². The Balaban J connectivity index is 2.05. The van der Waals surface area contributed by atoms with Crippen LogP contribution < -0.4 is 0 Å². The third kappa shape index (κ3) is 2.15. The van der Waals surface area contributed by atoms with Crippen LogP contribution in [0.3, 0.4) is 0 Å². The maximum absolute atomic E-state index is 4.20. The van der Waals surface area contributed by atoms with Crippen molar-refractivity contribution in [2.24, 2.45) is 5.92 Å². The average molecular weight is 169 g/mol. The van der Waals surface area contributed by atoms with Crippen LogP contribution in [0.4, 0.5) is 0 Å². The normalized spacial score (nSPS) is 16.0. The second-order valence-electron chi connectivity index (χ2n) is 2.96. The van der Waals surface area contributed by atoms with Crippen LogP contribution in [0.15, 0.2) is 54.8 Å². The predicted molar refractivity (Wildman–Crippen MR) is 55.0 cm³/mol. The molecule has 0 aliphatic heterocycles. The minimum absolute atomic E-state index is 0.446. The smallest absolute Gasteiger partial charge is 0.0626 e. The van der Waals surface area contributed by atoms with E-state index in [-0.39, 0.29) is 0 Å². The van der Waals surface area contributed by atoms with Gasteiger partial charge in [0.1, 0.15) is 0 Å². The summed E-state index contributed by atoms with van der Waals surface area (Å²) in [6.07, 6.45) is 14.4. The van der Waals surface area contributed by atoms with E-state index in [2.05, 4.69) is 35.4 Å². The van der Waals surface area contributed by atoms with Crippen molar-refractivity contribution in [3.05, 3.63) is 60.5 Å². The third-order valence-electron chi connectivity index (χ3n) is 1.95. The monoisotopic (exact) mass is 169 g/mol. The fourth-order valence-electron chi connectivity index (χ4n) is 1.26. The molecular formula is C12H11N. The number of allylic oxidation sites excluding steroid dienone is 5. The van der Waals surface area contributed by atoms with Crippen molar-refractivity contribution in [3.8, 4) is 0 Å². The molecule has 0 saturated carbocycles. The summed E-state index contributed by atoms with van der Waals surface area (Å²) >= 11 is 0. The fourth-order valence-corrected chi connectivity index (χ4v) is 1.26. The Hall–Kier alpha value is -1.63. The van der Waals surface area contributed by atoms with Gasteiger partial charge in [-0.05, 0) is 18.2 Å². The first-order chi connectivity index (χ1) is 6.45. The summed E-state index contributed by atoms with van der Waals surface area (Å²) < 4.78 is 0. The maximum Gasteiger partial charge on any atom is 0.0626 e. The summed E-state index contributed by atoms with van der Waals surface area (Å²) in [5.41, 5.74) is 1.01. The quantitative estimate of drug-likeness (QED) is 0.663. The van der Waals surface area contributed by atoms with E-state index in [1.54, 1.807) is 6.20 Å². The lowest BCUT2D eigenvalue weighted by molar-refractivity contribution is 1.10. The number of hydrogen-bond acceptors (Lipinski definition) is 1. The maximum atomic E-state index is 4.20. The van der Waals surface area contributed by atoms with Crippen LogP contribution in [0.2, 0.25) is 0 Å². The van der Waals surface area contributed by atoms with Gasteiger partial charge < -0.3 is 0 Å². The number of aromatic nitrogens is 1. The highest BCUT2D eigenvalue weighted by molar-refractivity contribution is 5.46. The van der Waals surface area contributed by atoms with Gasteiger partial charge in [-0.1, -0.05) is 36.4 Å². The second-order valence-corrected chi connectivity index (χ2v) is 2.96. The van der Waals surface area contributed by atoms with E-state index in [4.69, 9.17) is 0 Å². The molecule has 1 aromatic rings. The van der Waals surface area contributed by atoms with E-state index in [1.165, 1.54) is 0 Å². The van der Waals surface area contributed by atoms with Gasteiger partial charge in [0.15, 0.2) is 0 Å². The molecule has 0 fully saturated rings. The van der Waals surface area contributed by atoms with Gasteiger partial charge in [-0.15, -0.1) is 0 Å². The van der Waals surface area contributed by atoms with Crippen molar-refractivity contribution in [1.82, 2.24) is 4.98 Å². The van der Waals surface area contributed by atoms with E-state index >= 15 is 0 Å². The van der Waals surface area contributed by atoms with Crippen molar-refractivity contribution >= 4 is 6.08 Å². The summed E-state index contributed by atoms with van der Waals surface area (Å²) in [6, 6.07) is 5.92. The molecule has 0 bridgehead atoms. The standard InChI is InChI=1S/C12H11N/c1-2-6-11(5-1)8-9-12-7-3-4-10-13-12/h1-11H/b9-8+. The highest BCUT2D eigenvalue weighted by Crippen LogP contribution is 2.11. The van der Waals surface area contributed by atoms with Gasteiger partial charge >= 0.3 is 0 Å². The molecule has 0 amide bonds. The van der Waals surface area contributed by atoms with Crippen LogP contribution >= 0.6 is 0 Å². The van der Waals surface area contributed by atoms with Gasteiger partial charge in [0.25, 0.3) is 0 Å². The Morgan fingerprint density at radius 3 is 2.69 bits per heavy atom. The van der Waals surface area contributed by atoms with Crippen molar-refractivity contribution in [3.63, 3.8) is 0 Å². The van der Waals surface area contributed by atoms with Crippen LogP contribution in [0.1, 0.15) is 5.69 Å². The third-order valence-corrected chi connectivity index (χ3v) is 1.95. The molecule has 0 unspecified atom stereocenters. The van der Waals surface area contributed by atoms with Crippen molar-refractivity contribution in [2.75, 3.05) is 0 Å². The van der Waals surface area contributed by atoms with Crippen LogP contribution in [0.5, 0.6) is 0 Å². The SMILES string of the molecule is C1=CC(/C=C/c2ccccn2)C=C1. The zero-order valence-electron chi connectivity index (χ0n) is 7.30. The number of hydrogen-bond donors (Lipinski definition) is 0. The minimum Gasteiger partial charge on any atom is -0.257 e. The molecule has 1 aromatic heterocycles. The van der Waals surface area contributed by atoms with Crippen LogP contribution in [-0.4, -0.2) is 4.98 Å². The first kappa shape index (κ1) is 7.99. The second kappa shape index (κ2) is 3.85. The molecule has 64 valence electrons. The molecule has 1 aliphatic rings.